The smallest absolute Gasteiger partial charge is 0.408 e. The molecule has 128 valence electrons. The molecule has 0 heterocycles. The Morgan fingerprint density at radius 2 is 1.77 bits per heavy atom. The lowest BCUT2D eigenvalue weighted by Gasteiger charge is -2.30. The zero-order valence-corrected chi connectivity index (χ0v) is 13.9. The Morgan fingerprint density at radius 1 is 1.23 bits per heavy atom. The van der Waals surface area contributed by atoms with Crippen LogP contribution in [0.4, 0.5) is 13.6 Å². The number of carbonyl (C=O) groups excluding carboxylic acids is 2. The van der Waals surface area contributed by atoms with Crippen molar-refractivity contribution in [1.82, 2.24) is 5.32 Å². The van der Waals surface area contributed by atoms with Crippen molar-refractivity contribution in [2.24, 2.45) is 5.92 Å². The molecule has 0 spiro atoms. The van der Waals surface area contributed by atoms with Gasteiger partial charge in [-0.05, 0) is 39.7 Å². The van der Waals surface area contributed by atoms with E-state index < -0.39 is 35.5 Å². The third-order valence-corrected chi connectivity index (χ3v) is 2.48. The summed E-state index contributed by atoms with van der Waals surface area (Å²) in [4.78, 5) is 22.8. The summed E-state index contributed by atoms with van der Waals surface area (Å²) < 4.78 is 37.9. The summed E-state index contributed by atoms with van der Waals surface area (Å²) in [6, 6.07) is -1.51. The number of rotatable bonds is 6. The normalized spacial score (nSPS) is 14.0. The zero-order valence-electron chi connectivity index (χ0n) is 13.9. The fourth-order valence-electron chi connectivity index (χ4n) is 1.62. The van der Waals surface area contributed by atoms with Crippen LogP contribution in [-0.2, 0) is 14.3 Å². The number of amides is 1. The van der Waals surface area contributed by atoms with Crippen molar-refractivity contribution in [2.75, 3.05) is 6.61 Å². The molecule has 0 aromatic rings. The van der Waals surface area contributed by atoms with Gasteiger partial charge in [-0.2, -0.15) is 8.78 Å². The molecule has 0 radical (unpaired) electrons. The molecular weight excluding hydrogens is 296 g/mol. The van der Waals surface area contributed by atoms with E-state index in [2.05, 4.69) is 10.1 Å². The second kappa shape index (κ2) is 8.10. The number of alkyl halides is 2. The number of hydrogen-bond donors (Lipinski definition) is 1. The van der Waals surface area contributed by atoms with Crippen molar-refractivity contribution < 1.29 is 27.8 Å². The van der Waals surface area contributed by atoms with Gasteiger partial charge in [0.2, 0.25) is 0 Å². The van der Waals surface area contributed by atoms with E-state index in [4.69, 9.17) is 4.74 Å². The number of nitrogens with one attached hydrogen (secondary N) is 1. The summed E-state index contributed by atoms with van der Waals surface area (Å²) in [6.07, 6.45) is 0.165. The van der Waals surface area contributed by atoms with E-state index in [0.717, 1.165) is 0 Å². The van der Waals surface area contributed by atoms with Crippen LogP contribution < -0.4 is 5.32 Å². The van der Waals surface area contributed by atoms with E-state index >= 15 is 0 Å². The summed E-state index contributed by atoms with van der Waals surface area (Å²) in [5, 5.41) is 2.15. The Balaban J connectivity index is 4.99. The first kappa shape index (κ1) is 20.3. The molecule has 0 saturated carbocycles. The molecule has 0 aliphatic rings. The minimum Gasteiger partial charge on any atom is -0.463 e. The molecule has 0 aliphatic carbocycles. The van der Waals surface area contributed by atoms with Gasteiger partial charge >= 0.3 is 12.1 Å². The predicted molar refractivity (Wildman–Crippen MR) is 78.7 cm³/mol. The minimum atomic E-state index is -3.42. The molecule has 1 amide bonds. The summed E-state index contributed by atoms with van der Waals surface area (Å²) in [5.41, 5.74) is -0.790. The SMILES string of the molecule is CCOC(=O)/C=C/C(F)(F)[C@@H](NC(=O)OC(C)(C)C)C(C)C. The van der Waals surface area contributed by atoms with Crippen molar-refractivity contribution in [1.29, 1.82) is 0 Å². The number of carbonyl (C=O) groups is 2. The Morgan fingerprint density at radius 3 is 2.18 bits per heavy atom. The number of alkyl carbamates (subject to hydrolysis) is 1. The first-order valence-corrected chi connectivity index (χ1v) is 7.12. The van der Waals surface area contributed by atoms with E-state index in [1.807, 2.05) is 0 Å². The molecular formula is C15H25F2NO4. The van der Waals surface area contributed by atoms with Crippen LogP contribution in [0.1, 0.15) is 41.5 Å². The van der Waals surface area contributed by atoms with Crippen molar-refractivity contribution in [3.05, 3.63) is 12.2 Å². The van der Waals surface area contributed by atoms with E-state index in [1.54, 1.807) is 27.7 Å². The molecule has 0 saturated heterocycles. The maximum Gasteiger partial charge on any atom is 0.408 e. The average Bonchev–Trinajstić information content (AvgIpc) is 2.31. The van der Waals surface area contributed by atoms with E-state index in [1.165, 1.54) is 13.8 Å². The van der Waals surface area contributed by atoms with Gasteiger partial charge in [0.1, 0.15) is 11.6 Å². The number of esters is 1. The fourth-order valence-corrected chi connectivity index (χ4v) is 1.62. The van der Waals surface area contributed by atoms with Crippen LogP contribution in [0.5, 0.6) is 0 Å². The molecule has 0 aromatic carbocycles. The first-order valence-electron chi connectivity index (χ1n) is 7.12. The van der Waals surface area contributed by atoms with Gasteiger partial charge in [0, 0.05) is 6.08 Å². The van der Waals surface area contributed by atoms with Crippen molar-refractivity contribution in [3.8, 4) is 0 Å². The van der Waals surface area contributed by atoms with Gasteiger partial charge in [0.05, 0.1) is 6.61 Å². The fraction of sp³-hybridized carbons (Fsp3) is 0.733. The highest BCUT2D eigenvalue weighted by Gasteiger charge is 2.41. The first-order chi connectivity index (χ1) is 9.89. The molecule has 0 aromatic heterocycles. The van der Waals surface area contributed by atoms with Gasteiger partial charge in [-0.25, -0.2) is 9.59 Å². The average molecular weight is 321 g/mol. The number of halogens is 2. The van der Waals surface area contributed by atoms with Crippen molar-refractivity contribution in [3.63, 3.8) is 0 Å². The molecule has 0 fully saturated rings. The van der Waals surface area contributed by atoms with Crippen LogP contribution >= 0.6 is 0 Å². The van der Waals surface area contributed by atoms with Crippen LogP contribution in [0.3, 0.4) is 0 Å². The van der Waals surface area contributed by atoms with Crippen LogP contribution in [0.25, 0.3) is 0 Å². The van der Waals surface area contributed by atoms with Gasteiger partial charge in [-0.1, -0.05) is 13.8 Å². The Hall–Kier alpha value is -1.66. The minimum absolute atomic E-state index is 0.0957. The summed E-state index contributed by atoms with van der Waals surface area (Å²) in [6.45, 7) is 9.65. The maximum absolute atomic E-state index is 14.2. The highest BCUT2D eigenvalue weighted by Crippen LogP contribution is 2.26. The topological polar surface area (TPSA) is 64.6 Å². The summed E-state index contributed by atoms with van der Waals surface area (Å²) >= 11 is 0. The quantitative estimate of drug-likeness (QED) is 0.602. The molecule has 22 heavy (non-hydrogen) atoms. The lowest BCUT2D eigenvalue weighted by atomic mass is 9.97. The Kier molecular flexibility index (Phi) is 7.49. The van der Waals surface area contributed by atoms with Gasteiger partial charge < -0.3 is 14.8 Å². The number of hydrogen-bond acceptors (Lipinski definition) is 4. The van der Waals surface area contributed by atoms with Gasteiger partial charge in [0.25, 0.3) is 5.92 Å². The monoisotopic (exact) mass is 321 g/mol. The lowest BCUT2D eigenvalue weighted by Crippen LogP contribution is -2.51. The van der Waals surface area contributed by atoms with E-state index in [-0.39, 0.29) is 6.61 Å². The van der Waals surface area contributed by atoms with Gasteiger partial charge in [-0.15, -0.1) is 0 Å². The molecule has 1 atom stereocenters. The second-order valence-electron chi connectivity index (χ2n) is 6.13. The number of ether oxygens (including phenoxy) is 2. The van der Waals surface area contributed by atoms with Crippen molar-refractivity contribution in [2.45, 2.75) is 59.1 Å². The van der Waals surface area contributed by atoms with Crippen LogP contribution in [-0.4, -0.2) is 36.2 Å². The third-order valence-electron chi connectivity index (χ3n) is 2.48. The third kappa shape index (κ3) is 7.95. The summed E-state index contributed by atoms with van der Waals surface area (Å²) in [5.74, 6) is -4.85. The van der Waals surface area contributed by atoms with E-state index in [0.29, 0.717) is 12.2 Å². The van der Waals surface area contributed by atoms with Crippen LogP contribution in [0.2, 0.25) is 0 Å². The highest BCUT2D eigenvalue weighted by molar-refractivity contribution is 5.82. The molecule has 1 N–H and O–H groups in total. The predicted octanol–water partition coefficient (Wildman–Crippen LogP) is 3.29. The maximum atomic E-state index is 14.2. The molecule has 5 nitrogen and oxygen atoms in total. The van der Waals surface area contributed by atoms with Crippen LogP contribution in [0.15, 0.2) is 12.2 Å². The Labute approximate surface area is 130 Å². The standard InChI is InChI=1S/C15H25F2NO4/c1-7-21-11(19)8-9-15(16,17)12(10(2)3)18-13(20)22-14(4,5)6/h8-10,12H,7H2,1-6H3,(H,18,20)/b9-8+/t12-/m0/s1. The second-order valence-corrected chi connectivity index (χ2v) is 6.13. The largest absolute Gasteiger partial charge is 0.463 e. The van der Waals surface area contributed by atoms with E-state index in [9.17, 15) is 18.4 Å². The molecule has 0 bridgehead atoms. The highest BCUT2D eigenvalue weighted by atomic mass is 19.3. The summed E-state index contributed by atoms with van der Waals surface area (Å²) in [7, 11) is 0. The van der Waals surface area contributed by atoms with Crippen LogP contribution in [0, 0.1) is 5.92 Å². The van der Waals surface area contributed by atoms with Gasteiger partial charge in [0.15, 0.2) is 0 Å². The molecule has 0 aliphatic heterocycles. The molecule has 7 heteroatoms. The lowest BCUT2D eigenvalue weighted by molar-refractivity contribution is -0.137. The molecule has 0 unspecified atom stereocenters. The molecule has 0 rings (SSSR count). The van der Waals surface area contributed by atoms with Crippen molar-refractivity contribution >= 4 is 12.1 Å². The zero-order chi connectivity index (χ0) is 17.6. The Bertz CT molecular complexity index is 414. The van der Waals surface area contributed by atoms with Gasteiger partial charge in [-0.3, -0.25) is 0 Å².